The van der Waals surface area contributed by atoms with Gasteiger partial charge < -0.3 is 4.90 Å². The second-order valence-electron chi connectivity index (χ2n) is 4.75. The fraction of sp³-hybridized carbons (Fsp3) is 0.176. The molecule has 2 aromatic carbocycles. The van der Waals surface area contributed by atoms with Crippen LogP contribution in [-0.2, 0) is 0 Å². The molecule has 0 saturated heterocycles. The van der Waals surface area contributed by atoms with Crippen molar-refractivity contribution in [2.75, 3.05) is 19.0 Å². The number of nitrogens with zero attached hydrogens (tertiary/aromatic N) is 1. The second kappa shape index (κ2) is 6.07. The van der Waals surface area contributed by atoms with Crippen molar-refractivity contribution in [1.29, 1.82) is 0 Å². The summed E-state index contributed by atoms with van der Waals surface area (Å²) in [4.78, 5) is 2.10. The van der Waals surface area contributed by atoms with E-state index < -0.39 is 0 Å². The zero-order valence-corrected chi connectivity index (χ0v) is 12.9. The van der Waals surface area contributed by atoms with Gasteiger partial charge in [0.25, 0.3) is 0 Å². The molecule has 0 bridgehead atoms. The van der Waals surface area contributed by atoms with Gasteiger partial charge in [-0.3, -0.25) is 0 Å². The SMILES string of the molecule is C=C[C@H](c1ccc(N(C)C)cc1)c1cccc(Br)c1. The largest absolute Gasteiger partial charge is 0.378 e. The summed E-state index contributed by atoms with van der Waals surface area (Å²) < 4.78 is 1.10. The van der Waals surface area contributed by atoms with E-state index >= 15 is 0 Å². The third kappa shape index (κ3) is 3.27. The third-order valence-corrected chi connectivity index (χ3v) is 3.71. The molecule has 0 aliphatic heterocycles. The van der Waals surface area contributed by atoms with Crippen LogP contribution in [0.25, 0.3) is 0 Å². The molecule has 0 saturated carbocycles. The van der Waals surface area contributed by atoms with E-state index in [1.54, 1.807) is 0 Å². The van der Waals surface area contributed by atoms with Crippen LogP contribution in [0.15, 0.2) is 65.7 Å². The van der Waals surface area contributed by atoms with Gasteiger partial charge in [-0.05, 0) is 35.4 Å². The lowest BCUT2D eigenvalue weighted by molar-refractivity contribution is 1.02. The first-order chi connectivity index (χ1) is 9.11. The van der Waals surface area contributed by atoms with Gasteiger partial charge in [0.2, 0.25) is 0 Å². The van der Waals surface area contributed by atoms with Crippen molar-refractivity contribution in [2.24, 2.45) is 0 Å². The molecule has 0 aliphatic carbocycles. The highest BCUT2D eigenvalue weighted by molar-refractivity contribution is 9.10. The molecule has 1 nitrogen and oxygen atoms in total. The average Bonchev–Trinajstić information content (AvgIpc) is 2.40. The van der Waals surface area contributed by atoms with Gasteiger partial charge in [-0.25, -0.2) is 0 Å². The molecule has 0 aliphatic rings. The number of hydrogen-bond donors (Lipinski definition) is 0. The maximum atomic E-state index is 3.98. The highest BCUT2D eigenvalue weighted by Gasteiger charge is 2.10. The van der Waals surface area contributed by atoms with Gasteiger partial charge in [0.05, 0.1) is 0 Å². The summed E-state index contributed by atoms with van der Waals surface area (Å²) in [5.41, 5.74) is 3.72. The molecule has 1 atom stereocenters. The Hall–Kier alpha value is -1.54. The van der Waals surface area contributed by atoms with Crippen LogP contribution in [0.4, 0.5) is 5.69 Å². The van der Waals surface area contributed by atoms with Gasteiger partial charge >= 0.3 is 0 Å². The molecule has 0 radical (unpaired) electrons. The number of rotatable bonds is 4. The van der Waals surface area contributed by atoms with Crippen molar-refractivity contribution in [3.63, 3.8) is 0 Å². The van der Waals surface area contributed by atoms with Crippen LogP contribution >= 0.6 is 15.9 Å². The van der Waals surface area contributed by atoms with Gasteiger partial charge in [-0.2, -0.15) is 0 Å². The van der Waals surface area contributed by atoms with Crippen molar-refractivity contribution in [3.05, 3.63) is 76.8 Å². The highest BCUT2D eigenvalue weighted by atomic mass is 79.9. The Labute approximate surface area is 123 Å². The Morgan fingerprint density at radius 1 is 1.05 bits per heavy atom. The molecular weight excluding hydrogens is 298 g/mol. The summed E-state index contributed by atoms with van der Waals surface area (Å²) in [5.74, 6) is 0.230. The van der Waals surface area contributed by atoms with E-state index in [-0.39, 0.29) is 5.92 Å². The van der Waals surface area contributed by atoms with E-state index in [4.69, 9.17) is 0 Å². The lowest BCUT2D eigenvalue weighted by Gasteiger charge is -2.17. The van der Waals surface area contributed by atoms with Crippen molar-refractivity contribution in [2.45, 2.75) is 5.92 Å². The minimum Gasteiger partial charge on any atom is -0.378 e. The Morgan fingerprint density at radius 3 is 2.26 bits per heavy atom. The predicted molar refractivity (Wildman–Crippen MR) is 87.0 cm³/mol. The summed E-state index contributed by atoms with van der Waals surface area (Å²) in [6, 6.07) is 17.0. The van der Waals surface area contributed by atoms with Crippen LogP contribution < -0.4 is 4.90 Å². The molecule has 19 heavy (non-hydrogen) atoms. The number of allylic oxidation sites excluding steroid dienone is 1. The quantitative estimate of drug-likeness (QED) is 0.730. The fourth-order valence-corrected chi connectivity index (χ4v) is 2.56. The lowest BCUT2D eigenvalue weighted by atomic mass is 9.91. The number of halogens is 1. The van der Waals surface area contributed by atoms with E-state index in [0.717, 1.165) is 4.47 Å². The molecule has 0 aromatic heterocycles. The molecular formula is C17H18BrN. The Bertz CT molecular complexity index is 558. The van der Waals surface area contributed by atoms with E-state index in [2.05, 4.69) is 69.9 Å². The Balaban J connectivity index is 2.34. The monoisotopic (exact) mass is 315 g/mol. The van der Waals surface area contributed by atoms with Crippen LogP contribution in [0.3, 0.4) is 0 Å². The minimum absolute atomic E-state index is 0.230. The average molecular weight is 316 g/mol. The maximum absolute atomic E-state index is 3.98. The summed E-state index contributed by atoms with van der Waals surface area (Å²) in [6.45, 7) is 3.98. The summed E-state index contributed by atoms with van der Waals surface area (Å²) in [5, 5.41) is 0. The molecule has 0 heterocycles. The molecule has 2 aromatic rings. The second-order valence-corrected chi connectivity index (χ2v) is 5.67. The molecule has 0 amide bonds. The van der Waals surface area contributed by atoms with Gasteiger partial charge in [-0.15, -0.1) is 6.58 Å². The minimum atomic E-state index is 0.230. The molecule has 2 heteroatoms. The zero-order chi connectivity index (χ0) is 13.8. The van der Waals surface area contributed by atoms with Crippen molar-refractivity contribution < 1.29 is 0 Å². The number of hydrogen-bond acceptors (Lipinski definition) is 1. The first kappa shape index (κ1) is 13.9. The van der Waals surface area contributed by atoms with Gasteiger partial charge in [-0.1, -0.05) is 46.3 Å². The fourth-order valence-electron chi connectivity index (χ4n) is 2.14. The predicted octanol–water partition coefficient (Wildman–Crippen LogP) is 4.83. The summed E-state index contributed by atoms with van der Waals surface area (Å²) in [7, 11) is 4.10. The molecule has 0 N–H and O–H groups in total. The van der Waals surface area contributed by atoms with E-state index in [0.29, 0.717) is 0 Å². The lowest BCUT2D eigenvalue weighted by Crippen LogP contribution is -2.08. The molecule has 2 rings (SSSR count). The number of benzene rings is 2. The first-order valence-corrected chi connectivity index (χ1v) is 7.06. The van der Waals surface area contributed by atoms with Crippen LogP contribution in [-0.4, -0.2) is 14.1 Å². The topological polar surface area (TPSA) is 3.24 Å². The number of anilines is 1. The third-order valence-electron chi connectivity index (χ3n) is 3.21. The Kier molecular flexibility index (Phi) is 4.43. The van der Waals surface area contributed by atoms with E-state index in [1.807, 2.05) is 26.2 Å². The zero-order valence-electron chi connectivity index (χ0n) is 11.3. The van der Waals surface area contributed by atoms with E-state index in [9.17, 15) is 0 Å². The van der Waals surface area contributed by atoms with Crippen molar-refractivity contribution in [3.8, 4) is 0 Å². The molecule has 0 fully saturated rings. The normalized spacial score (nSPS) is 11.9. The summed E-state index contributed by atoms with van der Waals surface area (Å²) in [6.07, 6.45) is 1.99. The van der Waals surface area contributed by atoms with Gasteiger partial charge in [0.1, 0.15) is 0 Å². The molecule has 98 valence electrons. The van der Waals surface area contributed by atoms with Crippen molar-refractivity contribution >= 4 is 21.6 Å². The standard InChI is InChI=1S/C17H18BrN/c1-4-17(14-6-5-7-15(18)12-14)13-8-10-16(11-9-13)19(2)3/h4-12,17H,1H2,2-3H3/t17-/m1/s1. The molecule has 0 unspecified atom stereocenters. The molecule has 0 spiro atoms. The Morgan fingerprint density at radius 2 is 1.74 bits per heavy atom. The first-order valence-electron chi connectivity index (χ1n) is 6.27. The van der Waals surface area contributed by atoms with Crippen LogP contribution in [0.2, 0.25) is 0 Å². The maximum Gasteiger partial charge on any atom is 0.0361 e. The summed E-state index contributed by atoms with van der Waals surface area (Å²) >= 11 is 3.52. The van der Waals surface area contributed by atoms with Crippen LogP contribution in [0.5, 0.6) is 0 Å². The van der Waals surface area contributed by atoms with Gasteiger partial charge in [0.15, 0.2) is 0 Å². The van der Waals surface area contributed by atoms with Gasteiger partial charge in [0, 0.05) is 30.2 Å². The van der Waals surface area contributed by atoms with Crippen molar-refractivity contribution in [1.82, 2.24) is 0 Å². The van der Waals surface area contributed by atoms with Crippen LogP contribution in [0, 0.1) is 0 Å². The highest BCUT2D eigenvalue weighted by Crippen LogP contribution is 2.28. The van der Waals surface area contributed by atoms with Crippen LogP contribution in [0.1, 0.15) is 17.0 Å². The van der Waals surface area contributed by atoms with E-state index in [1.165, 1.54) is 16.8 Å². The smallest absolute Gasteiger partial charge is 0.0361 e.